The molecular weight excluding hydrogens is 427 g/mol. The zero-order valence-electron chi connectivity index (χ0n) is 16.8. The van der Waals surface area contributed by atoms with E-state index in [9.17, 15) is 13.2 Å². The third-order valence-corrected chi connectivity index (χ3v) is 5.20. The van der Waals surface area contributed by atoms with Gasteiger partial charge in [0.25, 0.3) is 0 Å². The van der Waals surface area contributed by atoms with Gasteiger partial charge in [-0.1, -0.05) is 37.3 Å². The van der Waals surface area contributed by atoms with Gasteiger partial charge in [-0.15, -0.1) is 0 Å². The second kappa shape index (κ2) is 8.14. The number of aromatic amines is 1. The minimum atomic E-state index is -4.48. The number of alkyl halides is 3. The number of H-pyrrole nitrogens is 1. The van der Waals surface area contributed by atoms with Crippen LogP contribution in [0, 0.1) is 11.7 Å². The van der Waals surface area contributed by atoms with E-state index in [-0.39, 0.29) is 12.5 Å². The number of rotatable bonds is 6. The molecule has 0 bridgehead atoms. The molecule has 4 rings (SSSR count). The van der Waals surface area contributed by atoms with Crippen molar-refractivity contribution in [2.75, 3.05) is 0 Å². The fourth-order valence-corrected chi connectivity index (χ4v) is 3.63. The van der Waals surface area contributed by atoms with Crippen molar-refractivity contribution in [3.63, 3.8) is 0 Å². The topological polar surface area (TPSA) is 69.2 Å². The number of nitrogens with one attached hydrogen (secondary N) is 1. The minimum Gasteiger partial charge on any atom is -0.269 e. The highest BCUT2D eigenvalue weighted by Gasteiger charge is 2.34. The van der Waals surface area contributed by atoms with Crippen molar-refractivity contribution < 1.29 is 13.2 Å². The molecule has 0 fully saturated rings. The summed E-state index contributed by atoms with van der Waals surface area (Å²) in [6, 6.07) is 11.0. The molecule has 162 valence electrons. The van der Waals surface area contributed by atoms with Crippen molar-refractivity contribution >= 4 is 12.2 Å². The standard InChI is InChI=1S/C20H20F3N7S/c1-13(10-29-14(2)8-17(27-29)20(21,22)23)18-25-26-19(31)30(18)16-9-24-28(12-16)11-15-6-4-3-5-7-15/h3-9,12-13H,10-11H2,1-2H3,(H,26,31)/t13-/m0/s1. The van der Waals surface area contributed by atoms with Crippen LogP contribution in [0.5, 0.6) is 0 Å². The largest absolute Gasteiger partial charge is 0.435 e. The fourth-order valence-electron chi connectivity index (χ4n) is 3.39. The van der Waals surface area contributed by atoms with E-state index in [2.05, 4.69) is 20.4 Å². The minimum absolute atomic E-state index is 0.222. The molecule has 0 unspecified atom stereocenters. The third-order valence-electron chi connectivity index (χ3n) is 4.92. The highest BCUT2D eigenvalue weighted by molar-refractivity contribution is 7.71. The van der Waals surface area contributed by atoms with Crippen LogP contribution in [0.3, 0.4) is 0 Å². The molecule has 31 heavy (non-hydrogen) atoms. The van der Waals surface area contributed by atoms with Crippen LogP contribution in [0.1, 0.15) is 35.6 Å². The van der Waals surface area contributed by atoms with Crippen molar-refractivity contribution in [2.24, 2.45) is 0 Å². The van der Waals surface area contributed by atoms with Crippen molar-refractivity contribution in [2.45, 2.75) is 39.0 Å². The maximum Gasteiger partial charge on any atom is 0.435 e. The Balaban J connectivity index is 1.58. The van der Waals surface area contributed by atoms with E-state index in [0.29, 0.717) is 22.8 Å². The molecule has 0 radical (unpaired) electrons. The van der Waals surface area contributed by atoms with E-state index in [1.807, 2.05) is 43.5 Å². The molecule has 0 saturated heterocycles. The van der Waals surface area contributed by atoms with Gasteiger partial charge in [-0.2, -0.15) is 28.5 Å². The van der Waals surface area contributed by atoms with Gasteiger partial charge in [-0.3, -0.25) is 19.0 Å². The zero-order valence-corrected chi connectivity index (χ0v) is 17.7. The number of aromatic nitrogens is 7. The second-order valence-electron chi connectivity index (χ2n) is 7.36. The van der Waals surface area contributed by atoms with Crippen LogP contribution in [-0.2, 0) is 19.3 Å². The first-order chi connectivity index (χ1) is 14.7. The Labute approximate surface area is 181 Å². The molecule has 0 spiro atoms. The van der Waals surface area contributed by atoms with Crippen LogP contribution in [0.2, 0.25) is 0 Å². The lowest BCUT2D eigenvalue weighted by atomic mass is 10.1. The maximum atomic E-state index is 13.0. The Morgan fingerprint density at radius 1 is 1.19 bits per heavy atom. The zero-order chi connectivity index (χ0) is 22.2. The van der Waals surface area contributed by atoms with Crippen LogP contribution in [0.4, 0.5) is 13.2 Å². The Bertz CT molecular complexity index is 1230. The third kappa shape index (κ3) is 4.46. The van der Waals surface area contributed by atoms with E-state index in [0.717, 1.165) is 17.3 Å². The van der Waals surface area contributed by atoms with Gasteiger partial charge >= 0.3 is 6.18 Å². The highest BCUT2D eigenvalue weighted by atomic mass is 32.1. The van der Waals surface area contributed by atoms with E-state index >= 15 is 0 Å². The van der Waals surface area contributed by atoms with Crippen LogP contribution in [-0.4, -0.2) is 34.3 Å². The van der Waals surface area contributed by atoms with Gasteiger partial charge < -0.3 is 0 Å². The number of hydrogen-bond acceptors (Lipinski definition) is 4. The molecular formula is C20H20F3N7S. The summed E-state index contributed by atoms with van der Waals surface area (Å²) in [7, 11) is 0. The quantitative estimate of drug-likeness (QED) is 0.442. The molecule has 0 aliphatic carbocycles. The Morgan fingerprint density at radius 2 is 1.94 bits per heavy atom. The summed E-state index contributed by atoms with van der Waals surface area (Å²) in [5, 5.41) is 15.2. The van der Waals surface area contributed by atoms with E-state index in [4.69, 9.17) is 12.2 Å². The lowest BCUT2D eigenvalue weighted by Crippen LogP contribution is -2.15. The molecule has 3 heterocycles. The van der Waals surface area contributed by atoms with Gasteiger partial charge in [0.05, 0.1) is 25.0 Å². The van der Waals surface area contributed by atoms with E-state index < -0.39 is 11.9 Å². The fraction of sp³-hybridized carbons (Fsp3) is 0.300. The predicted molar refractivity (Wildman–Crippen MR) is 110 cm³/mol. The lowest BCUT2D eigenvalue weighted by molar-refractivity contribution is -0.141. The molecule has 0 aliphatic rings. The molecule has 0 amide bonds. The SMILES string of the molecule is Cc1cc(C(F)(F)F)nn1C[C@H](C)c1n[nH]c(=S)n1-c1cnn(Cc2ccccc2)c1. The van der Waals surface area contributed by atoms with Gasteiger partial charge in [0.1, 0.15) is 5.82 Å². The van der Waals surface area contributed by atoms with Crippen LogP contribution >= 0.6 is 12.2 Å². The summed E-state index contributed by atoms with van der Waals surface area (Å²) < 4.78 is 44.2. The van der Waals surface area contributed by atoms with Crippen molar-refractivity contribution in [1.82, 2.24) is 34.3 Å². The summed E-state index contributed by atoms with van der Waals surface area (Å²) in [6.45, 7) is 4.28. The Hall–Kier alpha value is -3.21. The summed E-state index contributed by atoms with van der Waals surface area (Å²) in [5.74, 6) is 0.331. The van der Waals surface area contributed by atoms with Crippen molar-refractivity contribution in [1.29, 1.82) is 0 Å². The molecule has 3 aromatic heterocycles. The first-order valence-electron chi connectivity index (χ1n) is 9.58. The van der Waals surface area contributed by atoms with Gasteiger partial charge in [-0.25, -0.2) is 0 Å². The first-order valence-corrected chi connectivity index (χ1v) is 9.99. The predicted octanol–water partition coefficient (Wildman–Crippen LogP) is 4.50. The van der Waals surface area contributed by atoms with Crippen LogP contribution < -0.4 is 0 Å². The number of nitrogens with zero attached hydrogens (tertiary/aromatic N) is 6. The van der Waals surface area contributed by atoms with E-state index in [1.54, 1.807) is 22.4 Å². The Morgan fingerprint density at radius 3 is 2.61 bits per heavy atom. The van der Waals surface area contributed by atoms with Gasteiger partial charge in [0.2, 0.25) is 0 Å². The first kappa shape index (κ1) is 21.0. The summed E-state index contributed by atoms with van der Waals surface area (Å²) in [6.07, 6.45) is -0.937. The molecule has 0 saturated carbocycles. The smallest absolute Gasteiger partial charge is 0.269 e. The molecule has 7 nitrogen and oxygen atoms in total. The summed E-state index contributed by atoms with van der Waals surface area (Å²) in [4.78, 5) is 0. The second-order valence-corrected chi connectivity index (χ2v) is 7.74. The number of hydrogen-bond donors (Lipinski definition) is 1. The van der Waals surface area contributed by atoms with Gasteiger partial charge in [0.15, 0.2) is 10.5 Å². The molecule has 11 heteroatoms. The summed E-state index contributed by atoms with van der Waals surface area (Å²) >= 11 is 5.39. The molecule has 1 atom stereocenters. The number of aryl methyl sites for hydroxylation is 1. The molecule has 1 N–H and O–H groups in total. The average molecular weight is 447 g/mol. The number of halogens is 3. The average Bonchev–Trinajstić information content (AvgIpc) is 3.41. The van der Waals surface area contributed by atoms with E-state index in [1.165, 1.54) is 4.68 Å². The Kier molecular flexibility index (Phi) is 5.52. The van der Waals surface area contributed by atoms with Crippen LogP contribution in [0.15, 0.2) is 48.8 Å². The monoisotopic (exact) mass is 447 g/mol. The number of benzene rings is 1. The lowest BCUT2D eigenvalue weighted by Gasteiger charge is -2.13. The molecule has 4 aromatic rings. The van der Waals surface area contributed by atoms with Crippen molar-refractivity contribution in [3.05, 3.63) is 76.3 Å². The summed E-state index contributed by atoms with van der Waals surface area (Å²) in [5.41, 5.74) is 1.36. The van der Waals surface area contributed by atoms with Gasteiger partial charge in [0, 0.05) is 17.8 Å². The molecule has 1 aromatic carbocycles. The van der Waals surface area contributed by atoms with Crippen LogP contribution in [0.25, 0.3) is 5.69 Å². The van der Waals surface area contributed by atoms with Crippen molar-refractivity contribution in [3.8, 4) is 5.69 Å². The normalized spacial score (nSPS) is 12.9. The molecule has 0 aliphatic heterocycles. The van der Waals surface area contributed by atoms with Gasteiger partial charge in [-0.05, 0) is 30.8 Å². The maximum absolute atomic E-state index is 13.0. The highest BCUT2D eigenvalue weighted by Crippen LogP contribution is 2.29.